The smallest absolute Gasteiger partial charge is 0.215 e. The van der Waals surface area contributed by atoms with Crippen molar-refractivity contribution in [3.63, 3.8) is 0 Å². The minimum Gasteiger partial charge on any atom is -0.493 e. The van der Waals surface area contributed by atoms with E-state index in [4.69, 9.17) is 4.74 Å². The molecule has 0 aliphatic rings. The Morgan fingerprint density at radius 3 is 2.75 bits per heavy atom. The number of hydrogen-bond acceptors (Lipinski definition) is 3. The number of nitrogens with one attached hydrogen (secondary N) is 1. The van der Waals surface area contributed by atoms with Crippen LogP contribution in [0.2, 0.25) is 0 Å². The molecule has 0 atom stereocenters. The quantitative estimate of drug-likeness (QED) is 0.426. The second-order valence-corrected chi connectivity index (χ2v) is 6.69. The standard InChI is InChI=1S/C19H24BrFN2O/c1-3-4-5-6-9-24-17-10-14(2)7-8-15(17)13-22-16-11-18(20)23-19(21)12-16/h7-8,10-12H,3-6,9,13H2,1-2H3,(H,22,23). The highest BCUT2D eigenvalue weighted by molar-refractivity contribution is 9.10. The van der Waals surface area contributed by atoms with Crippen molar-refractivity contribution in [1.82, 2.24) is 4.98 Å². The topological polar surface area (TPSA) is 34.1 Å². The molecule has 130 valence electrons. The fourth-order valence-electron chi connectivity index (χ4n) is 2.42. The Balaban J connectivity index is 1.98. The van der Waals surface area contributed by atoms with E-state index in [-0.39, 0.29) is 0 Å². The van der Waals surface area contributed by atoms with Gasteiger partial charge in [-0.25, -0.2) is 4.98 Å². The molecule has 0 amide bonds. The highest BCUT2D eigenvalue weighted by Crippen LogP contribution is 2.23. The van der Waals surface area contributed by atoms with E-state index in [9.17, 15) is 4.39 Å². The van der Waals surface area contributed by atoms with Gasteiger partial charge in [-0.1, -0.05) is 38.3 Å². The summed E-state index contributed by atoms with van der Waals surface area (Å²) >= 11 is 3.20. The lowest BCUT2D eigenvalue weighted by Crippen LogP contribution is -2.05. The van der Waals surface area contributed by atoms with Crippen molar-refractivity contribution in [2.24, 2.45) is 0 Å². The lowest BCUT2D eigenvalue weighted by molar-refractivity contribution is 0.302. The molecule has 0 unspecified atom stereocenters. The first-order valence-electron chi connectivity index (χ1n) is 8.37. The average Bonchev–Trinajstić information content (AvgIpc) is 2.53. The third-order valence-electron chi connectivity index (χ3n) is 3.72. The van der Waals surface area contributed by atoms with Crippen LogP contribution in [0.25, 0.3) is 0 Å². The van der Waals surface area contributed by atoms with E-state index in [2.05, 4.69) is 58.3 Å². The van der Waals surface area contributed by atoms with Crippen molar-refractivity contribution in [3.05, 3.63) is 52.0 Å². The first-order valence-corrected chi connectivity index (χ1v) is 9.17. The molecular weight excluding hydrogens is 371 g/mol. The van der Waals surface area contributed by atoms with Gasteiger partial charge in [-0.2, -0.15) is 4.39 Å². The Morgan fingerprint density at radius 2 is 2.00 bits per heavy atom. The molecule has 3 nitrogen and oxygen atoms in total. The summed E-state index contributed by atoms with van der Waals surface area (Å²) in [6.07, 6.45) is 4.73. The fraction of sp³-hybridized carbons (Fsp3) is 0.421. The van der Waals surface area contributed by atoms with Gasteiger partial charge in [0.05, 0.1) is 6.61 Å². The molecule has 1 aromatic heterocycles. The van der Waals surface area contributed by atoms with Gasteiger partial charge in [0.1, 0.15) is 10.4 Å². The van der Waals surface area contributed by atoms with Gasteiger partial charge in [0.2, 0.25) is 5.95 Å². The predicted octanol–water partition coefficient (Wildman–Crippen LogP) is 5.86. The summed E-state index contributed by atoms with van der Waals surface area (Å²) in [6.45, 7) is 5.55. The number of rotatable bonds is 9. The van der Waals surface area contributed by atoms with Crippen LogP contribution in [0.3, 0.4) is 0 Å². The molecule has 0 saturated carbocycles. The first-order chi connectivity index (χ1) is 11.6. The molecule has 0 aliphatic heterocycles. The molecule has 0 spiro atoms. The number of aromatic nitrogens is 1. The summed E-state index contributed by atoms with van der Waals surface area (Å²) in [5.74, 6) is 0.385. The number of nitrogens with zero attached hydrogens (tertiary/aromatic N) is 1. The van der Waals surface area contributed by atoms with Gasteiger partial charge in [-0.3, -0.25) is 0 Å². The van der Waals surface area contributed by atoms with Crippen molar-refractivity contribution in [2.45, 2.75) is 46.1 Å². The molecule has 2 rings (SSSR count). The minimum atomic E-state index is -0.511. The summed E-state index contributed by atoms with van der Waals surface area (Å²) in [7, 11) is 0. The number of aryl methyl sites for hydroxylation is 1. The normalized spacial score (nSPS) is 10.7. The van der Waals surface area contributed by atoms with Gasteiger partial charge in [0.25, 0.3) is 0 Å². The second-order valence-electron chi connectivity index (χ2n) is 5.88. The number of halogens is 2. The molecule has 0 bridgehead atoms. The van der Waals surface area contributed by atoms with Crippen LogP contribution in [0.4, 0.5) is 10.1 Å². The van der Waals surface area contributed by atoms with E-state index in [1.165, 1.54) is 30.9 Å². The van der Waals surface area contributed by atoms with Crippen LogP contribution in [0, 0.1) is 12.9 Å². The molecule has 0 saturated heterocycles. The van der Waals surface area contributed by atoms with E-state index in [0.717, 1.165) is 24.3 Å². The summed E-state index contributed by atoms with van der Waals surface area (Å²) in [4.78, 5) is 3.67. The number of ether oxygens (including phenoxy) is 1. The Hall–Kier alpha value is -1.62. The van der Waals surface area contributed by atoms with Crippen LogP contribution in [-0.4, -0.2) is 11.6 Å². The van der Waals surface area contributed by atoms with Gasteiger partial charge in [-0.15, -0.1) is 0 Å². The SMILES string of the molecule is CCCCCCOc1cc(C)ccc1CNc1cc(F)nc(Br)c1. The molecule has 0 radical (unpaired) electrons. The monoisotopic (exact) mass is 394 g/mol. The van der Waals surface area contributed by atoms with E-state index in [1.807, 2.05) is 0 Å². The average molecular weight is 395 g/mol. The van der Waals surface area contributed by atoms with Gasteiger partial charge >= 0.3 is 0 Å². The van der Waals surface area contributed by atoms with Gasteiger partial charge in [0, 0.05) is 23.9 Å². The molecule has 2 aromatic rings. The van der Waals surface area contributed by atoms with Crippen LogP contribution in [-0.2, 0) is 6.54 Å². The maximum absolute atomic E-state index is 13.3. The van der Waals surface area contributed by atoms with E-state index in [1.54, 1.807) is 6.07 Å². The Morgan fingerprint density at radius 1 is 1.17 bits per heavy atom. The number of benzene rings is 1. The van der Waals surface area contributed by atoms with Crippen molar-refractivity contribution >= 4 is 21.6 Å². The van der Waals surface area contributed by atoms with Crippen molar-refractivity contribution in [3.8, 4) is 5.75 Å². The van der Waals surface area contributed by atoms with Crippen LogP contribution < -0.4 is 10.1 Å². The van der Waals surface area contributed by atoms with Crippen molar-refractivity contribution in [2.75, 3.05) is 11.9 Å². The largest absolute Gasteiger partial charge is 0.493 e. The van der Waals surface area contributed by atoms with Crippen LogP contribution >= 0.6 is 15.9 Å². The number of pyridine rings is 1. The number of unbranched alkanes of at least 4 members (excludes halogenated alkanes) is 3. The maximum atomic E-state index is 13.3. The van der Waals surface area contributed by atoms with Gasteiger partial charge in [0.15, 0.2) is 0 Å². The number of hydrogen-bond donors (Lipinski definition) is 1. The van der Waals surface area contributed by atoms with E-state index < -0.39 is 5.95 Å². The Labute approximate surface area is 151 Å². The van der Waals surface area contributed by atoms with Gasteiger partial charge in [-0.05, 0) is 47.0 Å². The highest BCUT2D eigenvalue weighted by atomic mass is 79.9. The predicted molar refractivity (Wildman–Crippen MR) is 100 cm³/mol. The molecule has 1 heterocycles. The Bertz CT molecular complexity index is 644. The third kappa shape index (κ3) is 6.11. The molecular formula is C19H24BrFN2O. The molecule has 24 heavy (non-hydrogen) atoms. The van der Waals surface area contributed by atoms with Crippen molar-refractivity contribution < 1.29 is 9.13 Å². The number of anilines is 1. The zero-order valence-corrected chi connectivity index (χ0v) is 15.8. The second kappa shape index (κ2) is 9.62. The van der Waals surface area contributed by atoms with Crippen LogP contribution in [0.5, 0.6) is 5.75 Å². The zero-order valence-electron chi connectivity index (χ0n) is 14.2. The molecule has 0 aliphatic carbocycles. The third-order valence-corrected chi connectivity index (χ3v) is 4.13. The zero-order chi connectivity index (χ0) is 17.4. The molecule has 1 N–H and O–H groups in total. The molecule has 5 heteroatoms. The summed E-state index contributed by atoms with van der Waals surface area (Å²) < 4.78 is 19.8. The lowest BCUT2D eigenvalue weighted by Gasteiger charge is -2.14. The summed E-state index contributed by atoms with van der Waals surface area (Å²) in [5, 5.41) is 3.22. The molecule has 0 fully saturated rings. The maximum Gasteiger partial charge on any atom is 0.215 e. The highest BCUT2D eigenvalue weighted by Gasteiger charge is 2.06. The fourth-order valence-corrected chi connectivity index (χ4v) is 2.83. The minimum absolute atomic E-state index is 0.473. The molecule has 1 aromatic carbocycles. The van der Waals surface area contributed by atoms with Gasteiger partial charge < -0.3 is 10.1 Å². The first kappa shape index (κ1) is 18.7. The van der Waals surface area contributed by atoms with Crippen molar-refractivity contribution in [1.29, 1.82) is 0 Å². The van der Waals surface area contributed by atoms with Crippen LogP contribution in [0.15, 0.2) is 34.9 Å². The summed E-state index contributed by atoms with van der Waals surface area (Å²) in [6, 6.07) is 9.30. The Kier molecular flexibility index (Phi) is 7.50. The summed E-state index contributed by atoms with van der Waals surface area (Å²) in [5.41, 5.74) is 2.91. The van der Waals surface area contributed by atoms with E-state index >= 15 is 0 Å². The van der Waals surface area contributed by atoms with E-state index in [0.29, 0.717) is 16.8 Å². The lowest BCUT2D eigenvalue weighted by atomic mass is 10.1. The van der Waals surface area contributed by atoms with Crippen LogP contribution in [0.1, 0.15) is 43.7 Å².